The maximum absolute atomic E-state index is 12.3. The van der Waals surface area contributed by atoms with Gasteiger partial charge in [0.2, 0.25) is 5.91 Å². The summed E-state index contributed by atoms with van der Waals surface area (Å²) in [5.74, 6) is -0.484. The summed E-state index contributed by atoms with van der Waals surface area (Å²) >= 11 is 7.50. The van der Waals surface area contributed by atoms with Gasteiger partial charge in [-0.3, -0.25) is 4.79 Å². The third kappa shape index (κ3) is 4.36. The molecule has 2 aliphatic rings. The van der Waals surface area contributed by atoms with Crippen molar-refractivity contribution < 1.29 is 14.3 Å². The zero-order valence-corrected chi connectivity index (χ0v) is 17.2. The van der Waals surface area contributed by atoms with Crippen LogP contribution in [0.25, 0.3) is 0 Å². The van der Waals surface area contributed by atoms with Gasteiger partial charge in [-0.15, -0.1) is 5.10 Å². The lowest BCUT2D eigenvalue weighted by Crippen LogP contribution is -2.33. The molecule has 0 spiro atoms. The van der Waals surface area contributed by atoms with Gasteiger partial charge in [0.05, 0.1) is 16.5 Å². The lowest BCUT2D eigenvalue weighted by molar-refractivity contribution is -0.118. The van der Waals surface area contributed by atoms with Crippen LogP contribution >= 0.6 is 23.4 Å². The van der Waals surface area contributed by atoms with Crippen LogP contribution < -0.4 is 5.32 Å². The van der Waals surface area contributed by atoms with E-state index in [0.29, 0.717) is 34.3 Å². The summed E-state index contributed by atoms with van der Waals surface area (Å²) in [5, 5.41) is 11.8. The molecule has 29 heavy (non-hydrogen) atoms. The second kappa shape index (κ2) is 8.39. The van der Waals surface area contributed by atoms with E-state index in [1.54, 1.807) is 19.1 Å². The highest BCUT2D eigenvalue weighted by atomic mass is 35.5. The van der Waals surface area contributed by atoms with Gasteiger partial charge in [-0.1, -0.05) is 59.8 Å². The van der Waals surface area contributed by atoms with Crippen molar-refractivity contribution >= 4 is 46.1 Å². The van der Waals surface area contributed by atoms with Crippen LogP contribution in [0.2, 0.25) is 5.02 Å². The number of esters is 1. The highest BCUT2D eigenvalue weighted by Crippen LogP contribution is 2.27. The number of benzene rings is 2. The third-order valence-electron chi connectivity index (χ3n) is 4.80. The van der Waals surface area contributed by atoms with E-state index in [4.69, 9.17) is 16.3 Å². The number of amidine groups is 1. The molecule has 0 aliphatic carbocycles. The predicted octanol–water partition coefficient (Wildman–Crippen LogP) is 3.63. The Labute approximate surface area is 177 Å². The number of halogens is 1. The summed E-state index contributed by atoms with van der Waals surface area (Å²) < 4.78 is 5.48. The number of hydrogen-bond donors (Lipinski definition) is 1. The van der Waals surface area contributed by atoms with Crippen molar-refractivity contribution in [2.24, 2.45) is 10.2 Å². The molecule has 0 saturated carbocycles. The van der Waals surface area contributed by atoms with Gasteiger partial charge < -0.3 is 10.1 Å². The maximum Gasteiger partial charge on any atom is 0.339 e. The van der Waals surface area contributed by atoms with Crippen molar-refractivity contribution in [3.05, 3.63) is 70.2 Å². The zero-order valence-electron chi connectivity index (χ0n) is 15.6. The fourth-order valence-electron chi connectivity index (χ4n) is 3.20. The largest absolute Gasteiger partial charge is 0.452 e. The number of carbonyl (C=O) groups excluding carboxylic acids is 2. The van der Waals surface area contributed by atoms with Crippen LogP contribution in [0, 0.1) is 0 Å². The molecule has 0 radical (unpaired) electrons. The number of rotatable bonds is 4. The fourth-order valence-corrected chi connectivity index (χ4v) is 4.36. The summed E-state index contributed by atoms with van der Waals surface area (Å²) in [6.07, 6.45) is 0.592. The monoisotopic (exact) mass is 427 g/mol. The smallest absolute Gasteiger partial charge is 0.339 e. The van der Waals surface area contributed by atoms with Gasteiger partial charge in [0.25, 0.3) is 0 Å². The molecule has 0 aromatic heterocycles. The minimum Gasteiger partial charge on any atom is -0.452 e. The van der Waals surface area contributed by atoms with Crippen molar-refractivity contribution in [3.63, 3.8) is 0 Å². The van der Waals surface area contributed by atoms with Crippen molar-refractivity contribution in [2.45, 2.75) is 31.1 Å². The van der Waals surface area contributed by atoms with Gasteiger partial charge in [-0.25, -0.2) is 4.79 Å². The number of cyclic esters (lactones) is 1. The van der Waals surface area contributed by atoms with Crippen LogP contribution in [0.3, 0.4) is 0 Å². The molecule has 148 valence electrons. The Morgan fingerprint density at radius 1 is 1.21 bits per heavy atom. The molecule has 2 aromatic carbocycles. The maximum atomic E-state index is 12.3. The van der Waals surface area contributed by atoms with E-state index in [1.807, 2.05) is 36.4 Å². The molecule has 2 aromatic rings. The average molecular weight is 428 g/mol. The van der Waals surface area contributed by atoms with Crippen molar-refractivity contribution in [2.75, 3.05) is 0 Å². The molecule has 1 amide bonds. The Morgan fingerprint density at radius 3 is 2.79 bits per heavy atom. The van der Waals surface area contributed by atoms with Gasteiger partial charge in [0.15, 0.2) is 5.17 Å². The van der Waals surface area contributed by atoms with Crippen LogP contribution in [0.1, 0.15) is 28.4 Å². The van der Waals surface area contributed by atoms with Gasteiger partial charge in [-0.05, 0) is 36.6 Å². The molecule has 2 heterocycles. The molecule has 0 bridgehead atoms. The summed E-state index contributed by atoms with van der Waals surface area (Å²) in [6, 6.07) is 14.8. The first kappa shape index (κ1) is 19.7. The first-order valence-corrected chi connectivity index (χ1v) is 10.4. The Balaban J connectivity index is 1.44. The van der Waals surface area contributed by atoms with E-state index in [0.717, 1.165) is 11.1 Å². The SMILES string of the molecule is CC(=NN=C1NC(=O)C(Cc2ccccc2Cl)S1)C1Cc2ccccc2C(=O)O1. The number of carbonyl (C=O) groups is 2. The number of hydrogen-bond acceptors (Lipinski definition) is 6. The number of ether oxygens (including phenoxy) is 1. The Bertz CT molecular complexity index is 1040. The van der Waals surface area contributed by atoms with Gasteiger partial charge in [0, 0.05) is 11.4 Å². The summed E-state index contributed by atoms with van der Waals surface area (Å²) in [6.45, 7) is 1.76. The van der Waals surface area contributed by atoms with E-state index >= 15 is 0 Å². The lowest BCUT2D eigenvalue weighted by Gasteiger charge is -2.23. The van der Waals surface area contributed by atoms with E-state index in [2.05, 4.69) is 15.5 Å². The zero-order chi connectivity index (χ0) is 20.4. The van der Waals surface area contributed by atoms with Crippen molar-refractivity contribution in [3.8, 4) is 0 Å². The topological polar surface area (TPSA) is 80.1 Å². The minimum absolute atomic E-state index is 0.125. The first-order chi connectivity index (χ1) is 14.0. The normalized spacial score (nSPS) is 23.0. The number of nitrogens with one attached hydrogen (secondary N) is 1. The summed E-state index contributed by atoms with van der Waals surface area (Å²) in [7, 11) is 0. The molecule has 1 saturated heterocycles. The Morgan fingerprint density at radius 2 is 1.97 bits per heavy atom. The minimum atomic E-state index is -0.470. The number of nitrogens with zero attached hydrogens (tertiary/aromatic N) is 2. The molecule has 4 rings (SSSR count). The van der Waals surface area contributed by atoms with Crippen LogP contribution in [0.15, 0.2) is 58.7 Å². The van der Waals surface area contributed by atoms with Gasteiger partial charge >= 0.3 is 5.97 Å². The van der Waals surface area contributed by atoms with E-state index in [1.165, 1.54) is 11.8 Å². The van der Waals surface area contributed by atoms with Crippen LogP contribution in [-0.4, -0.2) is 34.1 Å². The highest BCUT2D eigenvalue weighted by Gasteiger charge is 2.31. The number of thioether (sulfide) groups is 1. The molecule has 1 fully saturated rings. The van der Waals surface area contributed by atoms with E-state index in [9.17, 15) is 9.59 Å². The molecule has 8 heteroatoms. The van der Waals surface area contributed by atoms with Crippen LogP contribution in [-0.2, 0) is 22.4 Å². The standard InChI is InChI=1S/C21H18ClN3O3S/c1-12(17-10-13-6-2-4-8-15(13)20(27)28-17)24-25-21-23-19(26)18(29-21)11-14-7-3-5-9-16(14)22/h2-9,17-18H,10-11H2,1H3,(H,23,25,26). The molecular weight excluding hydrogens is 410 g/mol. The second-order valence-corrected chi connectivity index (χ2v) is 8.39. The van der Waals surface area contributed by atoms with Crippen molar-refractivity contribution in [1.29, 1.82) is 0 Å². The number of fused-ring (bicyclic) bond motifs is 1. The van der Waals surface area contributed by atoms with Gasteiger partial charge in [0.1, 0.15) is 6.10 Å². The molecular formula is C21H18ClN3O3S. The molecule has 6 nitrogen and oxygen atoms in total. The molecule has 2 atom stereocenters. The summed E-state index contributed by atoms with van der Waals surface area (Å²) in [5.41, 5.74) is 3.00. The quantitative estimate of drug-likeness (QED) is 0.459. The summed E-state index contributed by atoms with van der Waals surface area (Å²) in [4.78, 5) is 24.4. The van der Waals surface area contributed by atoms with E-state index < -0.39 is 6.10 Å². The Kier molecular flexibility index (Phi) is 5.69. The van der Waals surface area contributed by atoms with Crippen LogP contribution in [0.5, 0.6) is 0 Å². The van der Waals surface area contributed by atoms with Crippen LogP contribution in [0.4, 0.5) is 0 Å². The highest BCUT2D eigenvalue weighted by molar-refractivity contribution is 8.15. The molecule has 2 unspecified atom stereocenters. The number of amides is 1. The third-order valence-corrected chi connectivity index (χ3v) is 6.24. The Hall–Kier alpha value is -2.64. The molecule has 1 N–H and O–H groups in total. The lowest BCUT2D eigenvalue weighted by atomic mass is 9.97. The van der Waals surface area contributed by atoms with Gasteiger partial charge in [-0.2, -0.15) is 5.10 Å². The average Bonchev–Trinajstić information content (AvgIpc) is 3.07. The van der Waals surface area contributed by atoms with Crippen molar-refractivity contribution in [1.82, 2.24) is 5.32 Å². The molecule has 2 aliphatic heterocycles. The predicted molar refractivity (Wildman–Crippen MR) is 115 cm³/mol. The first-order valence-electron chi connectivity index (χ1n) is 9.13. The van der Waals surface area contributed by atoms with E-state index in [-0.39, 0.29) is 17.1 Å². The second-order valence-electron chi connectivity index (χ2n) is 6.79. The fraction of sp³-hybridized carbons (Fsp3) is 0.238.